The first-order valence-electron chi connectivity index (χ1n) is 3.95. The van der Waals surface area contributed by atoms with Crippen LogP contribution in [0.5, 0.6) is 0 Å². The van der Waals surface area contributed by atoms with Gasteiger partial charge in [-0.2, -0.15) is 20.6 Å². The van der Waals surface area contributed by atoms with Crippen LogP contribution in [0, 0.1) is 0 Å². The van der Waals surface area contributed by atoms with Crippen LogP contribution in [0.3, 0.4) is 0 Å². The molecule has 0 aromatic carbocycles. The second-order valence-electron chi connectivity index (χ2n) is 2.69. The van der Waals surface area contributed by atoms with Crippen LogP contribution in [0.1, 0.15) is 10.9 Å². The number of nitrogens with two attached hydrogens (primary N) is 1. The molecule has 0 aliphatic rings. The largest absolute Gasteiger partial charge is 1.00 e. The lowest BCUT2D eigenvalue weighted by Gasteiger charge is -2.03. The Morgan fingerprint density at radius 1 is 1.44 bits per heavy atom. The molecule has 8 heteroatoms. The fourth-order valence-electron chi connectivity index (χ4n) is 0.959. The summed E-state index contributed by atoms with van der Waals surface area (Å²) in [5, 5.41) is 7.50. The van der Waals surface area contributed by atoms with Gasteiger partial charge in [-0.1, -0.05) is 0 Å². The fraction of sp³-hybridized carbons (Fsp3) is 0.125. The number of aromatic nitrogens is 1. The summed E-state index contributed by atoms with van der Waals surface area (Å²) in [6.07, 6.45) is 2.74. The molecule has 16 heavy (non-hydrogen) atoms. The first-order valence-corrected chi connectivity index (χ1v) is 4.39. The smallest absolute Gasteiger partial charge is 0.513 e. The summed E-state index contributed by atoms with van der Waals surface area (Å²) in [7, 11) is 0. The van der Waals surface area contributed by atoms with Crippen molar-refractivity contribution in [1.82, 2.24) is 5.43 Å². The molecule has 1 aromatic heterocycles. The van der Waals surface area contributed by atoms with E-state index >= 15 is 0 Å². The van der Waals surface area contributed by atoms with Gasteiger partial charge in [0.25, 0.3) is 0 Å². The Morgan fingerprint density at radius 3 is 2.31 bits per heavy atom. The summed E-state index contributed by atoms with van der Waals surface area (Å²) in [5.74, 6) is 3.77. The number of aliphatic carboxylic acids is 1. The molecule has 0 saturated heterocycles. The number of nitrogen functional groups attached to an aromatic ring is 1. The number of nitrogens with zero attached hydrogens (tertiary/aromatic N) is 1. The normalized spacial score (nSPS) is 11.1. The van der Waals surface area contributed by atoms with E-state index in [1.54, 1.807) is 0 Å². The number of alkyl halides is 1. The van der Waals surface area contributed by atoms with Crippen LogP contribution in [0.2, 0.25) is 0 Å². The summed E-state index contributed by atoms with van der Waals surface area (Å²) >= 11 is 5.57. The predicted molar refractivity (Wildman–Crippen MR) is 51.0 cm³/mol. The highest BCUT2D eigenvalue weighted by Gasteiger charge is 2.17. The van der Waals surface area contributed by atoms with Crippen LogP contribution in [0.4, 0.5) is 4.79 Å². The highest BCUT2D eigenvalue weighted by Crippen LogP contribution is 2.18. The summed E-state index contributed by atoms with van der Waals surface area (Å²) in [6.45, 7) is 0. The average Bonchev–Trinajstić information content (AvgIpc) is 2.27. The molecule has 1 aromatic rings. The molecular weight excluding hydrogens is 257 g/mol. The quantitative estimate of drug-likeness (QED) is 0.172. The number of halogens is 2. The van der Waals surface area contributed by atoms with Crippen LogP contribution in [0.25, 0.3) is 0 Å². The van der Waals surface area contributed by atoms with E-state index in [-0.39, 0.29) is 12.4 Å². The SMILES string of the molecule is NNC(=O)[n+]1ccc(C(Cl)C(=O)O)cc1.[Cl-]. The standard InChI is InChI=1S/C8H8ClN3O3.ClH/c9-6(7(13)14)5-1-3-12(4-2-5)8(15)11-10;/h1-4,6H,10H2,(H-,11,13,14,15);1H. The molecule has 0 fully saturated rings. The Morgan fingerprint density at radius 2 is 1.94 bits per heavy atom. The van der Waals surface area contributed by atoms with E-state index in [2.05, 4.69) is 0 Å². The maximum Gasteiger partial charge on any atom is 0.513 e. The Balaban J connectivity index is 0.00000225. The van der Waals surface area contributed by atoms with Gasteiger partial charge in [0.15, 0.2) is 5.38 Å². The van der Waals surface area contributed by atoms with Crippen molar-refractivity contribution in [3.05, 3.63) is 30.1 Å². The molecule has 0 saturated carbocycles. The molecule has 1 unspecified atom stereocenters. The zero-order valence-corrected chi connectivity index (χ0v) is 9.44. The van der Waals surface area contributed by atoms with Gasteiger partial charge in [-0.3, -0.25) is 4.79 Å². The minimum Gasteiger partial charge on any atom is -1.00 e. The number of hydrogen-bond donors (Lipinski definition) is 3. The molecule has 4 N–H and O–H groups in total. The topological polar surface area (TPSA) is 96.3 Å². The lowest BCUT2D eigenvalue weighted by atomic mass is 10.2. The van der Waals surface area contributed by atoms with Gasteiger partial charge in [0.05, 0.1) is 12.4 Å². The minimum atomic E-state index is -1.14. The molecule has 0 spiro atoms. The van der Waals surface area contributed by atoms with Crippen molar-refractivity contribution in [2.24, 2.45) is 5.84 Å². The highest BCUT2D eigenvalue weighted by atomic mass is 35.5. The maximum absolute atomic E-state index is 11.0. The van der Waals surface area contributed by atoms with E-state index in [1.807, 2.05) is 5.43 Å². The number of carboxylic acids is 1. The summed E-state index contributed by atoms with van der Waals surface area (Å²) < 4.78 is 1.16. The van der Waals surface area contributed by atoms with Crippen LogP contribution in [-0.2, 0) is 4.79 Å². The van der Waals surface area contributed by atoms with E-state index in [0.717, 1.165) is 4.57 Å². The van der Waals surface area contributed by atoms with Gasteiger partial charge in [-0.25, -0.2) is 0 Å². The van der Waals surface area contributed by atoms with Gasteiger partial charge in [-0.15, -0.1) is 11.6 Å². The first kappa shape index (κ1) is 14.6. The number of hydrazine groups is 1. The van der Waals surface area contributed by atoms with Crippen LogP contribution >= 0.6 is 11.6 Å². The number of carbonyl (C=O) groups is 2. The predicted octanol–water partition coefficient (Wildman–Crippen LogP) is -3.23. The molecule has 0 aliphatic heterocycles. The van der Waals surface area contributed by atoms with Crippen molar-refractivity contribution in [1.29, 1.82) is 0 Å². The Bertz CT molecular complexity index is 383. The summed E-state index contributed by atoms with van der Waals surface area (Å²) in [5.41, 5.74) is 2.32. The van der Waals surface area contributed by atoms with Crippen LogP contribution < -0.4 is 28.2 Å². The molecule has 1 amide bonds. The zero-order valence-electron chi connectivity index (χ0n) is 7.93. The molecule has 0 aliphatic carbocycles. The monoisotopic (exact) mass is 265 g/mol. The third-order valence-corrected chi connectivity index (χ3v) is 2.16. The van der Waals surface area contributed by atoms with E-state index in [1.165, 1.54) is 24.5 Å². The second kappa shape index (κ2) is 6.26. The van der Waals surface area contributed by atoms with Gasteiger partial charge in [0, 0.05) is 0 Å². The van der Waals surface area contributed by atoms with Gasteiger partial charge < -0.3 is 17.5 Å². The second-order valence-corrected chi connectivity index (χ2v) is 3.13. The first-order chi connectivity index (χ1) is 7.06. The third-order valence-electron chi connectivity index (χ3n) is 1.72. The van der Waals surface area contributed by atoms with Crippen molar-refractivity contribution in [3.8, 4) is 0 Å². The molecule has 88 valence electrons. The molecular formula is C8H9Cl2N3O3. The Labute approximate surface area is 102 Å². The lowest BCUT2D eigenvalue weighted by molar-refractivity contribution is -0.572. The Kier molecular flexibility index (Phi) is 5.73. The number of carboxylic acid groups (broad SMARTS) is 1. The Hall–Kier alpha value is -1.37. The highest BCUT2D eigenvalue weighted by molar-refractivity contribution is 6.29. The van der Waals surface area contributed by atoms with Crippen LogP contribution in [-0.4, -0.2) is 17.1 Å². The van der Waals surface area contributed by atoms with E-state index in [0.29, 0.717) is 5.56 Å². The number of pyridine rings is 1. The molecule has 1 heterocycles. The van der Waals surface area contributed by atoms with Crippen molar-refractivity contribution < 1.29 is 31.7 Å². The lowest BCUT2D eigenvalue weighted by Crippen LogP contribution is -3.00. The van der Waals surface area contributed by atoms with Gasteiger partial charge in [0.1, 0.15) is 0 Å². The number of carbonyl (C=O) groups excluding carboxylic acids is 1. The van der Waals surface area contributed by atoms with Gasteiger partial charge in [0.2, 0.25) is 0 Å². The maximum atomic E-state index is 11.0. The summed E-state index contributed by atoms with van der Waals surface area (Å²) in [6, 6.07) is 2.34. The van der Waals surface area contributed by atoms with Crippen molar-refractivity contribution in [2.45, 2.75) is 5.38 Å². The zero-order chi connectivity index (χ0) is 11.4. The third kappa shape index (κ3) is 3.34. The molecule has 6 nitrogen and oxygen atoms in total. The van der Waals surface area contributed by atoms with Crippen LogP contribution in [0.15, 0.2) is 24.5 Å². The van der Waals surface area contributed by atoms with Crippen molar-refractivity contribution in [3.63, 3.8) is 0 Å². The molecule has 0 bridgehead atoms. The summed E-state index contributed by atoms with van der Waals surface area (Å²) in [4.78, 5) is 21.5. The fourth-order valence-corrected chi connectivity index (χ4v) is 1.10. The molecule has 0 radical (unpaired) electrons. The minimum absolute atomic E-state index is 0. The van der Waals surface area contributed by atoms with Crippen molar-refractivity contribution in [2.75, 3.05) is 0 Å². The number of nitrogens with one attached hydrogen (secondary N) is 1. The molecule has 1 rings (SSSR count). The van der Waals surface area contributed by atoms with E-state index in [4.69, 9.17) is 22.6 Å². The number of amides is 1. The van der Waals surface area contributed by atoms with E-state index in [9.17, 15) is 9.59 Å². The van der Waals surface area contributed by atoms with E-state index < -0.39 is 17.4 Å². The number of hydrogen-bond acceptors (Lipinski definition) is 3. The average molecular weight is 266 g/mol. The van der Waals surface area contributed by atoms with Gasteiger partial charge >= 0.3 is 12.0 Å². The van der Waals surface area contributed by atoms with Crippen molar-refractivity contribution >= 4 is 23.6 Å². The molecule has 1 atom stereocenters. The number of rotatable bonds is 2. The van der Waals surface area contributed by atoms with Gasteiger partial charge in [-0.05, 0) is 17.7 Å².